The molecule has 0 atom stereocenters. The van der Waals surface area contributed by atoms with E-state index in [1.807, 2.05) is 18.2 Å². The van der Waals surface area contributed by atoms with Crippen molar-refractivity contribution in [2.45, 2.75) is 6.42 Å². The van der Waals surface area contributed by atoms with Crippen molar-refractivity contribution in [3.63, 3.8) is 0 Å². The SMILES string of the molecule is N#Cc1c(Br)cccc1NC(=O)C=CC1=NCCc2ccccc21. The maximum absolute atomic E-state index is 12.2. The first-order valence-electron chi connectivity index (χ1n) is 7.49. The number of nitrogens with one attached hydrogen (secondary N) is 1. The van der Waals surface area contributed by atoms with E-state index in [9.17, 15) is 10.1 Å². The van der Waals surface area contributed by atoms with Gasteiger partial charge in [0.05, 0.1) is 17.0 Å². The molecule has 2 aromatic carbocycles. The van der Waals surface area contributed by atoms with Crippen molar-refractivity contribution in [2.75, 3.05) is 11.9 Å². The summed E-state index contributed by atoms with van der Waals surface area (Å²) in [7, 11) is 0. The van der Waals surface area contributed by atoms with Crippen LogP contribution in [0.3, 0.4) is 0 Å². The smallest absolute Gasteiger partial charge is 0.248 e. The summed E-state index contributed by atoms with van der Waals surface area (Å²) in [4.78, 5) is 16.7. The Morgan fingerprint density at radius 3 is 2.92 bits per heavy atom. The first kappa shape index (κ1) is 16.2. The molecule has 1 aliphatic heterocycles. The number of allylic oxidation sites excluding steroid dienone is 1. The fraction of sp³-hybridized carbons (Fsp3) is 0.105. The minimum Gasteiger partial charge on any atom is -0.321 e. The third-order valence-corrected chi connectivity index (χ3v) is 4.39. The van der Waals surface area contributed by atoms with Gasteiger partial charge in [-0.25, -0.2) is 0 Å². The topological polar surface area (TPSA) is 65.2 Å². The van der Waals surface area contributed by atoms with Gasteiger partial charge in [0.1, 0.15) is 6.07 Å². The van der Waals surface area contributed by atoms with Crippen LogP contribution < -0.4 is 5.32 Å². The van der Waals surface area contributed by atoms with E-state index >= 15 is 0 Å². The number of halogens is 1. The predicted octanol–water partition coefficient (Wildman–Crippen LogP) is 3.86. The highest BCUT2D eigenvalue weighted by Crippen LogP contribution is 2.23. The number of hydrogen-bond acceptors (Lipinski definition) is 3. The summed E-state index contributed by atoms with van der Waals surface area (Å²) in [5.41, 5.74) is 3.99. The van der Waals surface area contributed by atoms with Crippen molar-refractivity contribution in [3.05, 3.63) is 75.8 Å². The summed E-state index contributed by atoms with van der Waals surface area (Å²) in [5, 5.41) is 11.9. The van der Waals surface area contributed by atoms with Crippen molar-refractivity contribution in [2.24, 2.45) is 4.99 Å². The highest BCUT2D eigenvalue weighted by atomic mass is 79.9. The van der Waals surface area contributed by atoms with Crippen LogP contribution in [0.2, 0.25) is 0 Å². The molecule has 24 heavy (non-hydrogen) atoms. The number of fused-ring (bicyclic) bond motifs is 1. The average molecular weight is 380 g/mol. The largest absolute Gasteiger partial charge is 0.321 e. The quantitative estimate of drug-likeness (QED) is 0.822. The number of nitriles is 1. The van der Waals surface area contributed by atoms with Gasteiger partial charge in [0.15, 0.2) is 0 Å². The zero-order chi connectivity index (χ0) is 16.9. The third-order valence-electron chi connectivity index (χ3n) is 3.73. The number of nitrogens with zero attached hydrogens (tertiary/aromatic N) is 2. The molecule has 1 heterocycles. The Labute approximate surface area is 148 Å². The summed E-state index contributed by atoms with van der Waals surface area (Å²) < 4.78 is 0.650. The fourth-order valence-corrected chi connectivity index (χ4v) is 3.04. The summed E-state index contributed by atoms with van der Waals surface area (Å²) in [5.74, 6) is -0.296. The second-order valence-electron chi connectivity index (χ2n) is 5.27. The fourth-order valence-electron chi connectivity index (χ4n) is 2.58. The molecule has 118 valence electrons. The minimum atomic E-state index is -0.296. The Morgan fingerprint density at radius 2 is 2.08 bits per heavy atom. The van der Waals surface area contributed by atoms with Gasteiger partial charge in [0, 0.05) is 22.7 Å². The molecule has 2 aromatic rings. The molecule has 3 rings (SSSR count). The van der Waals surface area contributed by atoms with E-state index in [0.29, 0.717) is 15.7 Å². The first-order chi connectivity index (χ1) is 11.7. The zero-order valence-corrected chi connectivity index (χ0v) is 14.4. The van der Waals surface area contributed by atoms with Crippen LogP contribution in [0.4, 0.5) is 5.69 Å². The molecule has 0 fully saturated rings. The van der Waals surface area contributed by atoms with Crippen molar-refractivity contribution in [3.8, 4) is 6.07 Å². The Balaban J connectivity index is 1.77. The van der Waals surface area contributed by atoms with Crippen molar-refractivity contribution < 1.29 is 4.79 Å². The molecule has 4 nitrogen and oxygen atoms in total. The van der Waals surface area contributed by atoms with Crippen LogP contribution in [0.1, 0.15) is 16.7 Å². The maximum atomic E-state index is 12.2. The molecule has 0 saturated carbocycles. The standard InChI is InChI=1S/C19H14BrN3O/c20-16-6-3-7-18(15(16)12-21)23-19(24)9-8-17-14-5-2-1-4-13(14)10-11-22-17/h1-9H,10-11H2,(H,23,24). The van der Waals surface area contributed by atoms with Crippen LogP contribution in [0.15, 0.2) is 64.1 Å². The molecule has 1 N–H and O–H groups in total. The van der Waals surface area contributed by atoms with Gasteiger partial charge in [0.2, 0.25) is 5.91 Å². The number of aliphatic imine (C=N–C) groups is 1. The van der Waals surface area contributed by atoms with Gasteiger partial charge in [-0.1, -0.05) is 30.3 Å². The summed E-state index contributed by atoms with van der Waals surface area (Å²) in [6, 6.07) is 15.4. The second kappa shape index (κ2) is 7.24. The number of anilines is 1. The maximum Gasteiger partial charge on any atom is 0.248 e. The Kier molecular flexibility index (Phi) is 4.88. The first-order valence-corrected chi connectivity index (χ1v) is 8.29. The summed E-state index contributed by atoms with van der Waals surface area (Å²) >= 11 is 3.31. The van der Waals surface area contributed by atoms with Gasteiger partial charge in [-0.05, 0) is 46.1 Å². The van der Waals surface area contributed by atoms with E-state index in [1.54, 1.807) is 24.3 Å². The number of amides is 1. The number of hydrogen-bond donors (Lipinski definition) is 1. The van der Waals surface area contributed by atoms with Crippen LogP contribution in [-0.2, 0) is 11.2 Å². The monoisotopic (exact) mass is 379 g/mol. The van der Waals surface area contributed by atoms with E-state index in [-0.39, 0.29) is 5.91 Å². The number of benzene rings is 2. The number of carbonyl (C=O) groups is 1. The lowest BCUT2D eigenvalue weighted by atomic mass is 9.97. The Hall–Kier alpha value is -2.71. The Bertz CT molecular complexity index is 894. The van der Waals surface area contributed by atoms with Crippen LogP contribution in [0.25, 0.3) is 0 Å². The van der Waals surface area contributed by atoms with Crippen LogP contribution >= 0.6 is 15.9 Å². The van der Waals surface area contributed by atoms with E-state index in [1.165, 1.54) is 11.6 Å². The normalized spacial score (nSPS) is 13.1. The van der Waals surface area contributed by atoms with Gasteiger partial charge in [0.25, 0.3) is 0 Å². The van der Waals surface area contributed by atoms with E-state index in [4.69, 9.17) is 0 Å². The molecule has 0 aromatic heterocycles. The minimum absolute atomic E-state index is 0.296. The van der Waals surface area contributed by atoms with Gasteiger partial charge in [-0.2, -0.15) is 5.26 Å². The second-order valence-corrected chi connectivity index (χ2v) is 6.13. The molecule has 0 unspecified atom stereocenters. The molecule has 1 amide bonds. The molecule has 0 spiro atoms. The lowest BCUT2D eigenvalue weighted by molar-refractivity contribution is -0.111. The molecule has 1 aliphatic rings. The van der Waals surface area contributed by atoms with Crippen molar-refractivity contribution in [1.82, 2.24) is 0 Å². The molecule has 0 aliphatic carbocycles. The summed E-state index contributed by atoms with van der Waals surface area (Å²) in [6.07, 6.45) is 4.09. The predicted molar refractivity (Wildman–Crippen MR) is 98.2 cm³/mol. The van der Waals surface area contributed by atoms with Gasteiger partial charge >= 0.3 is 0 Å². The van der Waals surface area contributed by atoms with Crippen LogP contribution in [-0.4, -0.2) is 18.2 Å². The molecular formula is C19H14BrN3O. The van der Waals surface area contributed by atoms with Gasteiger partial charge in [-0.15, -0.1) is 0 Å². The third kappa shape index (κ3) is 3.44. The zero-order valence-electron chi connectivity index (χ0n) is 12.8. The van der Waals surface area contributed by atoms with Crippen LogP contribution in [0, 0.1) is 11.3 Å². The highest BCUT2D eigenvalue weighted by molar-refractivity contribution is 9.10. The molecule has 0 bridgehead atoms. The van der Waals surface area contributed by atoms with E-state index < -0.39 is 0 Å². The van der Waals surface area contributed by atoms with E-state index in [0.717, 1.165) is 24.2 Å². The highest BCUT2D eigenvalue weighted by Gasteiger charge is 2.12. The van der Waals surface area contributed by atoms with Crippen molar-refractivity contribution >= 4 is 33.2 Å². The lowest BCUT2D eigenvalue weighted by Crippen LogP contribution is -2.13. The molecular weight excluding hydrogens is 366 g/mol. The molecule has 0 radical (unpaired) electrons. The van der Waals surface area contributed by atoms with E-state index in [2.05, 4.69) is 38.4 Å². The summed E-state index contributed by atoms with van der Waals surface area (Å²) in [6.45, 7) is 0.725. The average Bonchev–Trinajstić information content (AvgIpc) is 2.60. The molecule has 0 saturated heterocycles. The van der Waals surface area contributed by atoms with Crippen molar-refractivity contribution in [1.29, 1.82) is 5.26 Å². The van der Waals surface area contributed by atoms with Gasteiger partial charge < -0.3 is 5.32 Å². The lowest BCUT2D eigenvalue weighted by Gasteiger charge is -2.14. The number of rotatable bonds is 3. The number of carbonyl (C=O) groups excluding carboxylic acids is 1. The van der Waals surface area contributed by atoms with Gasteiger partial charge in [-0.3, -0.25) is 9.79 Å². The Morgan fingerprint density at radius 1 is 1.25 bits per heavy atom. The van der Waals surface area contributed by atoms with Crippen LogP contribution in [0.5, 0.6) is 0 Å². The molecule has 5 heteroatoms.